The van der Waals surface area contributed by atoms with E-state index in [0.29, 0.717) is 5.71 Å². The van der Waals surface area contributed by atoms with Crippen LogP contribution >= 0.6 is 0 Å². The molecule has 0 aliphatic heterocycles. The van der Waals surface area contributed by atoms with Gasteiger partial charge in [0.25, 0.3) is 0 Å². The fourth-order valence-corrected chi connectivity index (χ4v) is 1.67. The van der Waals surface area contributed by atoms with Crippen molar-refractivity contribution < 1.29 is 9.59 Å². The Morgan fingerprint density at radius 1 is 1.11 bits per heavy atom. The summed E-state index contributed by atoms with van der Waals surface area (Å²) >= 11 is 0. The van der Waals surface area contributed by atoms with Crippen molar-refractivity contribution in [2.24, 2.45) is 10.8 Å². The zero-order valence-corrected chi connectivity index (χ0v) is 10.4. The summed E-state index contributed by atoms with van der Waals surface area (Å²) in [5.74, 6) is -1.99. The highest BCUT2D eigenvalue weighted by Gasteiger charge is 2.07. The molecule has 5 nitrogen and oxygen atoms in total. The minimum Gasteiger partial charge on any atom is -0.361 e. The van der Waals surface area contributed by atoms with Gasteiger partial charge in [0, 0.05) is 0 Å². The third-order valence-electron chi connectivity index (χ3n) is 2.72. The van der Waals surface area contributed by atoms with Crippen LogP contribution in [0.25, 0.3) is 10.8 Å². The molecule has 2 amide bonds. The molecule has 0 aromatic heterocycles. The first-order valence-corrected chi connectivity index (χ1v) is 5.71. The Labute approximate surface area is 110 Å². The fraction of sp³-hybridized carbons (Fsp3) is 0.0714. The monoisotopic (exact) mass is 255 g/mol. The summed E-state index contributed by atoms with van der Waals surface area (Å²) in [5, 5.41) is 6.04. The van der Waals surface area contributed by atoms with Crippen LogP contribution in [0.5, 0.6) is 0 Å². The highest BCUT2D eigenvalue weighted by molar-refractivity contribution is 6.34. The first-order valence-electron chi connectivity index (χ1n) is 5.71. The number of amides is 2. The molecule has 0 saturated heterocycles. The van der Waals surface area contributed by atoms with Crippen LogP contribution in [-0.2, 0) is 9.59 Å². The second kappa shape index (κ2) is 5.30. The van der Waals surface area contributed by atoms with Crippen molar-refractivity contribution in [3.05, 3.63) is 48.0 Å². The molecule has 0 aliphatic rings. The van der Waals surface area contributed by atoms with Crippen molar-refractivity contribution in [1.29, 1.82) is 0 Å². The molecule has 3 N–H and O–H groups in total. The average molecular weight is 255 g/mol. The molecule has 0 atom stereocenters. The number of fused-ring (bicyclic) bond motifs is 1. The number of carbonyl (C=O) groups excluding carboxylic acids is 2. The minimum absolute atomic E-state index is 0.598. The zero-order chi connectivity index (χ0) is 13.8. The van der Waals surface area contributed by atoms with Gasteiger partial charge in [-0.1, -0.05) is 36.4 Å². The van der Waals surface area contributed by atoms with E-state index in [1.54, 1.807) is 6.92 Å². The quantitative estimate of drug-likeness (QED) is 0.479. The molecule has 0 unspecified atom stereocenters. The maximum atomic E-state index is 11.0. The number of hydrogen-bond acceptors (Lipinski definition) is 3. The van der Waals surface area contributed by atoms with E-state index in [1.165, 1.54) is 0 Å². The van der Waals surface area contributed by atoms with Gasteiger partial charge in [0.1, 0.15) is 0 Å². The molecular formula is C14H13N3O2. The molecule has 0 saturated carbocycles. The summed E-state index contributed by atoms with van der Waals surface area (Å²) in [7, 11) is 0. The Balaban J connectivity index is 2.26. The second-order valence-electron chi connectivity index (χ2n) is 4.06. The van der Waals surface area contributed by atoms with E-state index in [1.807, 2.05) is 42.5 Å². The molecular weight excluding hydrogens is 242 g/mol. The topological polar surface area (TPSA) is 84.6 Å². The van der Waals surface area contributed by atoms with Gasteiger partial charge in [0.2, 0.25) is 0 Å². The normalized spacial score (nSPS) is 11.3. The lowest BCUT2D eigenvalue weighted by Gasteiger charge is -2.03. The molecule has 5 heteroatoms. The molecule has 0 fully saturated rings. The van der Waals surface area contributed by atoms with Crippen LogP contribution in [0.4, 0.5) is 0 Å². The molecule has 19 heavy (non-hydrogen) atoms. The lowest BCUT2D eigenvalue weighted by atomic mass is 10.0. The van der Waals surface area contributed by atoms with Gasteiger partial charge >= 0.3 is 11.8 Å². The van der Waals surface area contributed by atoms with Crippen molar-refractivity contribution in [1.82, 2.24) is 5.43 Å². The highest BCUT2D eigenvalue weighted by atomic mass is 16.2. The van der Waals surface area contributed by atoms with Gasteiger partial charge in [-0.2, -0.15) is 5.10 Å². The summed E-state index contributed by atoms with van der Waals surface area (Å²) in [4.78, 5) is 21.6. The number of nitrogens with one attached hydrogen (secondary N) is 1. The third-order valence-corrected chi connectivity index (χ3v) is 2.72. The first kappa shape index (κ1) is 12.8. The maximum absolute atomic E-state index is 11.0. The predicted molar refractivity (Wildman–Crippen MR) is 73.5 cm³/mol. The van der Waals surface area contributed by atoms with Crippen LogP contribution < -0.4 is 11.2 Å². The fourth-order valence-electron chi connectivity index (χ4n) is 1.67. The van der Waals surface area contributed by atoms with Crippen LogP contribution in [0.1, 0.15) is 12.5 Å². The van der Waals surface area contributed by atoms with Gasteiger partial charge < -0.3 is 5.73 Å². The van der Waals surface area contributed by atoms with Crippen LogP contribution in [0.3, 0.4) is 0 Å². The molecule has 0 spiro atoms. The number of primary amides is 1. The standard InChI is InChI=1S/C14H13N3O2/c1-9(16-17-14(19)13(15)18)11-7-6-10-4-2-3-5-12(10)8-11/h2-8H,1H3,(H2,15,18)(H,17,19)/b16-9+. The van der Waals surface area contributed by atoms with Crippen LogP contribution in [0.2, 0.25) is 0 Å². The number of rotatable bonds is 2. The first-order chi connectivity index (χ1) is 9.08. The summed E-state index contributed by atoms with van der Waals surface area (Å²) in [5.41, 5.74) is 8.38. The lowest BCUT2D eigenvalue weighted by molar-refractivity contribution is -0.137. The van der Waals surface area contributed by atoms with Crippen LogP contribution in [0, 0.1) is 0 Å². The van der Waals surface area contributed by atoms with Gasteiger partial charge in [-0.05, 0) is 29.3 Å². The summed E-state index contributed by atoms with van der Waals surface area (Å²) < 4.78 is 0. The number of hydrazone groups is 1. The van der Waals surface area contributed by atoms with Crippen molar-refractivity contribution in [3.63, 3.8) is 0 Å². The number of nitrogens with zero attached hydrogens (tertiary/aromatic N) is 1. The molecule has 0 bridgehead atoms. The van der Waals surface area contributed by atoms with E-state index in [4.69, 9.17) is 5.73 Å². The number of carbonyl (C=O) groups is 2. The van der Waals surface area contributed by atoms with Crippen LogP contribution in [-0.4, -0.2) is 17.5 Å². The van der Waals surface area contributed by atoms with Gasteiger partial charge in [-0.15, -0.1) is 0 Å². The summed E-state index contributed by atoms with van der Waals surface area (Å²) in [6.45, 7) is 1.74. The number of nitrogens with two attached hydrogens (primary N) is 1. The Bertz CT molecular complexity index is 677. The molecule has 2 aromatic rings. The van der Waals surface area contributed by atoms with E-state index >= 15 is 0 Å². The Morgan fingerprint density at radius 3 is 2.47 bits per heavy atom. The van der Waals surface area contributed by atoms with E-state index in [9.17, 15) is 9.59 Å². The molecule has 96 valence electrons. The maximum Gasteiger partial charge on any atom is 0.329 e. The van der Waals surface area contributed by atoms with E-state index in [-0.39, 0.29) is 0 Å². The Kier molecular flexibility index (Phi) is 3.56. The number of hydrogen-bond donors (Lipinski definition) is 2. The van der Waals surface area contributed by atoms with Gasteiger partial charge in [-0.25, -0.2) is 5.43 Å². The van der Waals surface area contributed by atoms with E-state index in [0.717, 1.165) is 16.3 Å². The van der Waals surface area contributed by atoms with Gasteiger partial charge in [0.15, 0.2) is 0 Å². The second-order valence-corrected chi connectivity index (χ2v) is 4.06. The minimum atomic E-state index is -1.06. The highest BCUT2D eigenvalue weighted by Crippen LogP contribution is 2.15. The molecule has 2 rings (SSSR count). The van der Waals surface area contributed by atoms with E-state index in [2.05, 4.69) is 10.5 Å². The zero-order valence-electron chi connectivity index (χ0n) is 10.4. The smallest absolute Gasteiger partial charge is 0.329 e. The molecule has 0 aliphatic carbocycles. The van der Waals surface area contributed by atoms with Gasteiger partial charge in [0.05, 0.1) is 5.71 Å². The summed E-state index contributed by atoms with van der Waals surface area (Å²) in [6, 6.07) is 13.8. The van der Waals surface area contributed by atoms with Crippen LogP contribution in [0.15, 0.2) is 47.6 Å². The summed E-state index contributed by atoms with van der Waals surface area (Å²) in [6.07, 6.45) is 0. The molecule has 2 aromatic carbocycles. The van der Waals surface area contributed by atoms with Crippen molar-refractivity contribution in [2.75, 3.05) is 0 Å². The average Bonchev–Trinajstić information content (AvgIpc) is 2.43. The molecule has 0 radical (unpaired) electrons. The predicted octanol–water partition coefficient (Wildman–Crippen LogP) is 1.17. The third kappa shape index (κ3) is 2.95. The van der Waals surface area contributed by atoms with Crippen molar-refractivity contribution in [3.8, 4) is 0 Å². The van der Waals surface area contributed by atoms with E-state index < -0.39 is 11.8 Å². The number of benzene rings is 2. The Hall–Kier alpha value is -2.69. The lowest BCUT2D eigenvalue weighted by Crippen LogP contribution is -2.33. The van der Waals surface area contributed by atoms with Crippen molar-refractivity contribution >= 4 is 28.3 Å². The Morgan fingerprint density at radius 2 is 1.79 bits per heavy atom. The molecule has 0 heterocycles. The van der Waals surface area contributed by atoms with Crippen molar-refractivity contribution in [2.45, 2.75) is 6.92 Å². The SMILES string of the molecule is C/C(=N\NC(=O)C(N)=O)c1ccc2ccccc2c1. The van der Waals surface area contributed by atoms with Gasteiger partial charge in [-0.3, -0.25) is 9.59 Å². The largest absolute Gasteiger partial charge is 0.361 e.